The Bertz CT molecular complexity index is 767. The highest BCUT2D eigenvalue weighted by Gasteiger charge is 2.44. The average molecular weight is 371 g/mol. The highest BCUT2D eigenvalue weighted by atomic mass is 16.7. The summed E-state index contributed by atoms with van der Waals surface area (Å²) in [5.41, 5.74) is 6.27. The fraction of sp³-hybridized carbons (Fsp3) is 0.368. The Labute approximate surface area is 159 Å². The van der Waals surface area contributed by atoms with Gasteiger partial charge in [0, 0.05) is 12.3 Å². The molecule has 0 bridgehead atoms. The summed E-state index contributed by atoms with van der Waals surface area (Å²) in [5.74, 6) is -0.609. The minimum absolute atomic E-state index is 0.0484. The monoisotopic (exact) mass is 371 g/mol. The molecule has 2 heterocycles. The Balaban J connectivity index is 0.000000244. The van der Waals surface area contributed by atoms with Crippen LogP contribution in [0.3, 0.4) is 0 Å². The number of rotatable bonds is 4. The van der Waals surface area contributed by atoms with E-state index in [4.69, 9.17) is 24.9 Å². The van der Waals surface area contributed by atoms with Crippen molar-refractivity contribution < 1.29 is 23.9 Å². The lowest BCUT2D eigenvalue weighted by atomic mass is 9.90. The third-order valence-electron chi connectivity index (χ3n) is 4.50. The number of nitrogens with two attached hydrogens (primary N) is 1. The zero-order chi connectivity index (χ0) is 20.1. The first-order chi connectivity index (χ1) is 12.6. The predicted octanol–water partition coefficient (Wildman–Crippen LogP) is 3.07. The van der Waals surface area contributed by atoms with E-state index in [1.54, 1.807) is 0 Å². The zero-order valence-corrected chi connectivity index (χ0v) is 15.9. The van der Waals surface area contributed by atoms with Crippen molar-refractivity contribution in [2.24, 2.45) is 0 Å². The van der Waals surface area contributed by atoms with E-state index in [0.717, 1.165) is 5.56 Å². The number of hydrogen-bond donors (Lipinski definition) is 2. The molecule has 2 aromatic rings. The van der Waals surface area contributed by atoms with E-state index in [1.165, 1.54) is 19.9 Å². The summed E-state index contributed by atoms with van der Waals surface area (Å²) in [7, 11) is 1.42. The summed E-state index contributed by atoms with van der Waals surface area (Å²) in [6.07, 6.45) is 1.20. The highest BCUT2D eigenvalue weighted by molar-refractivity contribution is 6.19. The van der Waals surface area contributed by atoms with E-state index in [9.17, 15) is 4.79 Å². The molecule has 0 spiro atoms. The van der Waals surface area contributed by atoms with Gasteiger partial charge in [-0.25, -0.2) is 9.78 Å². The van der Waals surface area contributed by atoms with Crippen molar-refractivity contribution in [2.45, 2.75) is 45.5 Å². The lowest BCUT2D eigenvalue weighted by molar-refractivity contribution is 0.00578. The number of carboxylic acid groups (broad SMARTS) is 1. The molecule has 0 aliphatic carbocycles. The third-order valence-corrected chi connectivity index (χ3v) is 4.50. The van der Waals surface area contributed by atoms with Gasteiger partial charge in [0.05, 0.1) is 16.8 Å². The van der Waals surface area contributed by atoms with Crippen LogP contribution in [-0.2, 0) is 15.9 Å². The summed E-state index contributed by atoms with van der Waals surface area (Å²) >= 11 is 0. The number of aromatic carboxylic acids is 1. The first kappa shape index (κ1) is 20.7. The first-order valence-corrected chi connectivity index (χ1v) is 8.45. The molecule has 27 heavy (non-hydrogen) atoms. The van der Waals surface area contributed by atoms with Gasteiger partial charge in [0.15, 0.2) is 11.6 Å². The lowest BCUT2D eigenvalue weighted by Gasteiger charge is -2.32. The van der Waals surface area contributed by atoms with E-state index < -0.39 is 5.97 Å². The Kier molecular flexibility index (Phi) is 6.46. The lowest BCUT2D eigenvalue weighted by Crippen LogP contribution is -2.41. The molecule has 143 valence electrons. The normalized spacial score (nSPS) is 16.6. The highest BCUT2D eigenvalue weighted by Crippen LogP contribution is 2.33. The summed E-state index contributed by atoms with van der Waals surface area (Å²) in [6, 6.07) is 10.9. The second-order valence-corrected chi connectivity index (χ2v) is 7.04. The fourth-order valence-corrected chi connectivity index (χ4v) is 1.97. The van der Waals surface area contributed by atoms with Crippen LogP contribution in [-0.4, -0.2) is 34.9 Å². The Hall–Kier alpha value is -2.58. The van der Waals surface area contributed by atoms with Gasteiger partial charge in [0.1, 0.15) is 6.61 Å². The standard InChI is InChI=1S/C13H12N2O3.C6H12BO2/c14-12-11(6-10(7-15-12)13(16)17)18-8-9-4-2-1-3-5-9;1-5(2)6(3,4)9-7-8-5/h1-7H,8H2,(H2,14,15)(H,16,17);1-4H3. The molecule has 1 saturated heterocycles. The maximum atomic E-state index is 10.8. The SMILES string of the molecule is CC1(C)O[B]OC1(C)C.Nc1ncc(C(=O)O)cc1OCc1ccccc1. The number of nitrogens with zero attached hydrogens (tertiary/aromatic N) is 1. The van der Waals surface area contributed by atoms with Gasteiger partial charge in [0.25, 0.3) is 0 Å². The van der Waals surface area contributed by atoms with Crippen molar-refractivity contribution in [1.29, 1.82) is 0 Å². The molecule has 0 unspecified atom stereocenters. The second kappa shape index (κ2) is 8.41. The van der Waals surface area contributed by atoms with E-state index in [2.05, 4.69) is 4.98 Å². The number of benzene rings is 1. The van der Waals surface area contributed by atoms with Crippen molar-refractivity contribution in [3.8, 4) is 5.75 Å². The van der Waals surface area contributed by atoms with Crippen LogP contribution in [0.5, 0.6) is 5.75 Å². The van der Waals surface area contributed by atoms with Gasteiger partial charge in [0.2, 0.25) is 0 Å². The summed E-state index contributed by atoms with van der Waals surface area (Å²) in [6.45, 7) is 8.36. The van der Waals surface area contributed by atoms with Crippen LogP contribution in [0.1, 0.15) is 43.6 Å². The van der Waals surface area contributed by atoms with Crippen molar-refractivity contribution in [1.82, 2.24) is 4.98 Å². The van der Waals surface area contributed by atoms with Crippen molar-refractivity contribution in [3.63, 3.8) is 0 Å². The van der Waals surface area contributed by atoms with Gasteiger partial charge < -0.3 is 24.9 Å². The summed E-state index contributed by atoms with van der Waals surface area (Å²) < 4.78 is 15.9. The number of hydrogen-bond acceptors (Lipinski definition) is 6. The molecule has 0 atom stereocenters. The largest absolute Gasteiger partial charge is 0.488 e. The Morgan fingerprint density at radius 2 is 1.78 bits per heavy atom. The minimum atomic E-state index is -1.06. The number of carboxylic acids is 1. The Morgan fingerprint density at radius 3 is 2.26 bits per heavy atom. The molecule has 1 aliphatic rings. The molecular formula is C19H24BN2O5. The van der Waals surface area contributed by atoms with Crippen LogP contribution in [0.15, 0.2) is 42.6 Å². The van der Waals surface area contributed by atoms with Gasteiger partial charge in [-0.1, -0.05) is 30.3 Å². The molecule has 1 aromatic heterocycles. The van der Waals surface area contributed by atoms with Crippen LogP contribution >= 0.6 is 0 Å². The van der Waals surface area contributed by atoms with E-state index in [0.29, 0.717) is 6.61 Å². The molecule has 1 aliphatic heterocycles. The van der Waals surface area contributed by atoms with E-state index in [-0.39, 0.29) is 28.3 Å². The molecule has 7 nitrogen and oxygen atoms in total. The molecule has 0 saturated carbocycles. The molecule has 3 rings (SSSR count). The van der Waals surface area contributed by atoms with Crippen molar-refractivity contribution >= 4 is 19.5 Å². The van der Waals surface area contributed by atoms with Gasteiger partial charge in [-0.2, -0.15) is 0 Å². The maximum Gasteiger partial charge on any atom is 0.488 e. The molecule has 3 N–H and O–H groups in total. The average Bonchev–Trinajstić information content (AvgIpc) is 2.86. The van der Waals surface area contributed by atoms with Crippen LogP contribution < -0.4 is 10.5 Å². The van der Waals surface area contributed by atoms with Crippen LogP contribution in [0.2, 0.25) is 0 Å². The van der Waals surface area contributed by atoms with Crippen molar-refractivity contribution in [3.05, 3.63) is 53.7 Å². The van der Waals surface area contributed by atoms with Crippen molar-refractivity contribution in [2.75, 3.05) is 5.73 Å². The van der Waals surface area contributed by atoms with Gasteiger partial charge in [-0.3, -0.25) is 0 Å². The molecule has 1 radical (unpaired) electrons. The minimum Gasteiger partial charge on any atom is -0.485 e. The second-order valence-electron chi connectivity index (χ2n) is 7.04. The number of ether oxygens (including phenoxy) is 1. The molecular weight excluding hydrogens is 347 g/mol. The number of pyridine rings is 1. The summed E-state index contributed by atoms with van der Waals surface area (Å²) in [5, 5.41) is 8.85. The smallest absolute Gasteiger partial charge is 0.485 e. The Morgan fingerprint density at radius 1 is 1.19 bits per heavy atom. The summed E-state index contributed by atoms with van der Waals surface area (Å²) in [4.78, 5) is 14.6. The third kappa shape index (κ3) is 5.45. The predicted molar refractivity (Wildman–Crippen MR) is 102 cm³/mol. The van der Waals surface area contributed by atoms with Gasteiger partial charge >= 0.3 is 13.7 Å². The molecule has 0 amide bonds. The first-order valence-electron chi connectivity index (χ1n) is 8.45. The zero-order valence-electron chi connectivity index (χ0n) is 15.9. The number of nitrogen functional groups attached to an aromatic ring is 1. The van der Waals surface area contributed by atoms with Crippen LogP contribution in [0.4, 0.5) is 5.82 Å². The fourth-order valence-electron chi connectivity index (χ4n) is 1.97. The van der Waals surface area contributed by atoms with E-state index in [1.807, 2.05) is 58.0 Å². The topological polar surface area (TPSA) is 104 Å². The number of aromatic nitrogens is 1. The number of anilines is 1. The molecule has 8 heteroatoms. The number of carbonyl (C=O) groups is 1. The quantitative estimate of drug-likeness (QED) is 0.796. The van der Waals surface area contributed by atoms with E-state index >= 15 is 0 Å². The maximum absolute atomic E-state index is 10.8. The van der Waals surface area contributed by atoms with Crippen LogP contribution in [0.25, 0.3) is 0 Å². The van der Waals surface area contributed by atoms with Gasteiger partial charge in [-0.15, -0.1) is 0 Å². The molecule has 1 fully saturated rings. The van der Waals surface area contributed by atoms with Gasteiger partial charge in [-0.05, 0) is 33.3 Å². The van der Waals surface area contributed by atoms with Crippen LogP contribution in [0, 0.1) is 0 Å². The molecule has 1 aromatic carbocycles.